The molecule has 0 amide bonds. The van der Waals surface area contributed by atoms with Crippen molar-refractivity contribution in [1.82, 2.24) is 4.90 Å². The Balaban J connectivity index is 1.73. The molecule has 2 aromatic rings. The van der Waals surface area contributed by atoms with Crippen molar-refractivity contribution in [2.75, 3.05) is 13.1 Å². The lowest BCUT2D eigenvalue weighted by atomic mass is 9.95. The van der Waals surface area contributed by atoms with Crippen LogP contribution in [-0.4, -0.2) is 24.0 Å². The Bertz CT molecular complexity index is 612. The molecule has 110 valence electrons. The zero-order valence-corrected chi connectivity index (χ0v) is 12.3. The number of hydrogen-bond donors (Lipinski definition) is 1. The SMILES string of the molecule is Cc1ccc(F)c(CN2C[C@@H](N)[C@H](c3ccccc3)C2)c1. The third-order valence-corrected chi connectivity index (χ3v) is 4.26. The van der Waals surface area contributed by atoms with Gasteiger partial charge in [-0.2, -0.15) is 0 Å². The van der Waals surface area contributed by atoms with Gasteiger partial charge in [-0.25, -0.2) is 4.39 Å². The van der Waals surface area contributed by atoms with E-state index in [4.69, 9.17) is 5.73 Å². The van der Waals surface area contributed by atoms with E-state index in [2.05, 4.69) is 17.0 Å². The number of benzene rings is 2. The highest BCUT2D eigenvalue weighted by atomic mass is 19.1. The fourth-order valence-corrected chi connectivity index (χ4v) is 3.16. The summed E-state index contributed by atoms with van der Waals surface area (Å²) in [6.07, 6.45) is 0. The van der Waals surface area contributed by atoms with E-state index < -0.39 is 0 Å². The second kappa shape index (κ2) is 5.96. The van der Waals surface area contributed by atoms with Gasteiger partial charge in [-0.05, 0) is 18.6 Å². The second-order valence-corrected chi connectivity index (χ2v) is 5.97. The molecule has 0 aromatic heterocycles. The Kier molecular flexibility index (Phi) is 4.04. The summed E-state index contributed by atoms with van der Waals surface area (Å²) in [4.78, 5) is 2.25. The molecular weight excluding hydrogens is 263 g/mol. The molecule has 0 radical (unpaired) electrons. The van der Waals surface area contributed by atoms with Crippen molar-refractivity contribution in [3.05, 3.63) is 71.0 Å². The van der Waals surface area contributed by atoms with E-state index in [1.165, 1.54) is 5.56 Å². The van der Waals surface area contributed by atoms with Crippen LogP contribution in [0, 0.1) is 12.7 Å². The van der Waals surface area contributed by atoms with Crippen molar-refractivity contribution in [3.63, 3.8) is 0 Å². The number of aryl methyl sites for hydroxylation is 1. The highest BCUT2D eigenvalue weighted by Gasteiger charge is 2.31. The third-order valence-electron chi connectivity index (χ3n) is 4.26. The molecule has 0 saturated carbocycles. The Morgan fingerprint density at radius 3 is 2.67 bits per heavy atom. The highest BCUT2D eigenvalue weighted by molar-refractivity contribution is 5.26. The maximum atomic E-state index is 13.9. The smallest absolute Gasteiger partial charge is 0.127 e. The van der Waals surface area contributed by atoms with Crippen molar-refractivity contribution >= 4 is 0 Å². The van der Waals surface area contributed by atoms with E-state index >= 15 is 0 Å². The number of likely N-dealkylation sites (tertiary alicyclic amines) is 1. The summed E-state index contributed by atoms with van der Waals surface area (Å²) >= 11 is 0. The first-order chi connectivity index (χ1) is 10.1. The van der Waals surface area contributed by atoms with Crippen LogP contribution < -0.4 is 5.73 Å². The molecule has 1 aliphatic heterocycles. The fraction of sp³-hybridized carbons (Fsp3) is 0.333. The fourth-order valence-electron chi connectivity index (χ4n) is 3.16. The molecule has 2 N–H and O–H groups in total. The number of hydrogen-bond acceptors (Lipinski definition) is 2. The molecule has 1 heterocycles. The number of halogens is 1. The topological polar surface area (TPSA) is 29.3 Å². The van der Waals surface area contributed by atoms with Gasteiger partial charge in [-0.1, -0.05) is 48.0 Å². The van der Waals surface area contributed by atoms with Crippen LogP contribution in [0.4, 0.5) is 4.39 Å². The van der Waals surface area contributed by atoms with Crippen LogP contribution in [0.5, 0.6) is 0 Å². The Labute approximate surface area is 125 Å². The molecule has 2 atom stereocenters. The summed E-state index contributed by atoms with van der Waals surface area (Å²) in [7, 11) is 0. The second-order valence-electron chi connectivity index (χ2n) is 5.97. The van der Waals surface area contributed by atoms with Gasteiger partial charge in [0, 0.05) is 37.2 Å². The number of nitrogens with zero attached hydrogens (tertiary/aromatic N) is 1. The summed E-state index contributed by atoms with van der Waals surface area (Å²) in [6.45, 7) is 4.32. The summed E-state index contributed by atoms with van der Waals surface area (Å²) in [5.74, 6) is 0.205. The maximum absolute atomic E-state index is 13.9. The lowest BCUT2D eigenvalue weighted by Crippen LogP contribution is -2.28. The van der Waals surface area contributed by atoms with Crippen molar-refractivity contribution in [2.24, 2.45) is 5.73 Å². The molecule has 1 fully saturated rings. The Hall–Kier alpha value is -1.71. The number of rotatable bonds is 3. The predicted octanol–water partition coefficient (Wildman–Crippen LogP) is 3.06. The molecule has 1 saturated heterocycles. The minimum atomic E-state index is -0.127. The first kappa shape index (κ1) is 14.2. The van der Waals surface area contributed by atoms with Crippen LogP contribution in [0.3, 0.4) is 0 Å². The van der Waals surface area contributed by atoms with Crippen LogP contribution >= 0.6 is 0 Å². The zero-order valence-electron chi connectivity index (χ0n) is 12.3. The first-order valence-corrected chi connectivity index (χ1v) is 7.41. The van der Waals surface area contributed by atoms with Crippen LogP contribution in [0.1, 0.15) is 22.6 Å². The van der Waals surface area contributed by atoms with E-state index in [-0.39, 0.29) is 11.9 Å². The zero-order chi connectivity index (χ0) is 14.8. The lowest BCUT2D eigenvalue weighted by molar-refractivity contribution is 0.318. The van der Waals surface area contributed by atoms with Crippen molar-refractivity contribution < 1.29 is 4.39 Å². The quantitative estimate of drug-likeness (QED) is 0.938. The molecule has 3 heteroatoms. The van der Waals surface area contributed by atoms with Crippen LogP contribution in [-0.2, 0) is 6.54 Å². The molecule has 0 unspecified atom stereocenters. The molecule has 1 aliphatic rings. The van der Waals surface area contributed by atoms with Crippen molar-refractivity contribution in [2.45, 2.75) is 25.4 Å². The van der Waals surface area contributed by atoms with Gasteiger partial charge in [-0.15, -0.1) is 0 Å². The summed E-state index contributed by atoms with van der Waals surface area (Å²) in [5, 5.41) is 0. The first-order valence-electron chi connectivity index (χ1n) is 7.41. The minimum Gasteiger partial charge on any atom is -0.326 e. The van der Waals surface area contributed by atoms with Gasteiger partial charge >= 0.3 is 0 Å². The molecule has 21 heavy (non-hydrogen) atoms. The molecule has 0 spiro atoms. The van der Waals surface area contributed by atoms with E-state index in [1.807, 2.05) is 31.2 Å². The average Bonchev–Trinajstić information content (AvgIpc) is 2.84. The van der Waals surface area contributed by atoms with Gasteiger partial charge in [0.25, 0.3) is 0 Å². The summed E-state index contributed by atoms with van der Waals surface area (Å²) in [6, 6.07) is 15.8. The third kappa shape index (κ3) is 3.14. The monoisotopic (exact) mass is 284 g/mol. The van der Waals surface area contributed by atoms with Crippen LogP contribution in [0.25, 0.3) is 0 Å². The van der Waals surface area contributed by atoms with E-state index in [0.717, 1.165) is 24.2 Å². The molecule has 0 bridgehead atoms. The molecule has 2 nitrogen and oxygen atoms in total. The molecule has 0 aliphatic carbocycles. The predicted molar refractivity (Wildman–Crippen MR) is 83.6 cm³/mol. The lowest BCUT2D eigenvalue weighted by Gasteiger charge is -2.17. The standard InChI is InChI=1S/C18H21FN2/c1-13-7-8-17(19)15(9-13)10-21-11-16(18(20)12-21)14-5-3-2-4-6-14/h2-9,16,18H,10-12,20H2,1H3/t16-,18+/m0/s1. The van der Waals surface area contributed by atoms with Gasteiger partial charge in [0.2, 0.25) is 0 Å². The summed E-state index contributed by atoms with van der Waals surface area (Å²) in [5.41, 5.74) is 9.42. The largest absolute Gasteiger partial charge is 0.326 e. The van der Waals surface area contributed by atoms with Gasteiger partial charge in [0.05, 0.1) is 0 Å². The highest BCUT2D eigenvalue weighted by Crippen LogP contribution is 2.27. The van der Waals surface area contributed by atoms with E-state index in [1.54, 1.807) is 12.1 Å². The van der Waals surface area contributed by atoms with Gasteiger partial charge < -0.3 is 5.73 Å². The molecule has 2 aromatic carbocycles. The number of nitrogens with two attached hydrogens (primary N) is 1. The van der Waals surface area contributed by atoms with Crippen molar-refractivity contribution in [1.29, 1.82) is 0 Å². The minimum absolute atomic E-state index is 0.111. The summed E-state index contributed by atoms with van der Waals surface area (Å²) < 4.78 is 13.9. The Morgan fingerprint density at radius 2 is 1.90 bits per heavy atom. The average molecular weight is 284 g/mol. The normalized spacial score (nSPS) is 22.6. The molecule has 3 rings (SSSR count). The van der Waals surface area contributed by atoms with Gasteiger partial charge in [0.15, 0.2) is 0 Å². The van der Waals surface area contributed by atoms with E-state index in [0.29, 0.717) is 12.5 Å². The maximum Gasteiger partial charge on any atom is 0.127 e. The van der Waals surface area contributed by atoms with Crippen molar-refractivity contribution in [3.8, 4) is 0 Å². The van der Waals surface area contributed by atoms with E-state index in [9.17, 15) is 4.39 Å². The van der Waals surface area contributed by atoms with Gasteiger partial charge in [0.1, 0.15) is 5.82 Å². The van der Waals surface area contributed by atoms with Gasteiger partial charge in [-0.3, -0.25) is 4.90 Å². The Morgan fingerprint density at radius 1 is 1.14 bits per heavy atom. The molecular formula is C18H21FN2. The van der Waals surface area contributed by atoms with Crippen LogP contribution in [0.2, 0.25) is 0 Å². The van der Waals surface area contributed by atoms with Crippen LogP contribution in [0.15, 0.2) is 48.5 Å².